The lowest BCUT2D eigenvalue weighted by atomic mass is 9.56. The number of fused-ring (bicyclic) bond motifs is 15. The third-order valence-electron chi connectivity index (χ3n) is 22.0. The van der Waals surface area contributed by atoms with Gasteiger partial charge in [-0.2, -0.15) is 0 Å². The molecule has 14 rings (SSSR count). The molecule has 0 amide bonds. The molecule has 0 saturated heterocycles. The van der Waals surface area contributed by atoms with Gasteiger partial charge in [0, 0.05) is 53.2 Å². The average molecular weight is 1180 g/mol. The Morgan fingerprint density at radius 3 is 2.50 bits per heavy atom. The van der Waals surface area contributed by atoms with Gasteiger partial charge < -0.3 is 43.8 Å². The zero-order chi connectivity index (χ0) is 60.3. The van der Waals surface area contributed by atoms with Crippen molar-refractivity contribution in [1.29, 1.82) is 0 Å². The van der Waals surface area contributed by atoms with Crippen LogP contribution in [0.2, 0.25) is 0 Å². The van der Waals surface area contributed by atoms with Crippen molar-refractivity contribution in [2.45, 2.75) is 157 Å². The van der Waals surface area contributed by atoms with Crippen molar-refractivity contribution < 1.29 is 53.4 Å². The molecule has 4 N–H and O–H groups in total. The highest BCUT2D eigenvalue weighted by Gasteiger charge is 2.62. The Hall–Kier alpha value is -7.37. The summed E-state index contributed by atoms with van der Waals surface area (Å²) >= 11 is 0. The lowest BCUT2D eigenvalue weighted by Gasteiger charge is -2.49. The predicted octanol–water partition coefficient (Wildman–Crippen LogP) is 12.6. The summed E-state index contributed by atoms with van der Waals surface area (Å²) < 4.78 is 33.8. The van der Waals surface area contributed by atoms with Gasteiger partial charge in [0.25, 0.3) is 0 Å². The van der Waals surface area contributed by atoms with E-state index in [9.17, 15) is 25.2 Å². The third-order valence-corrected chi connectivity index (χ3v) is 22.0. The highest BCUT2D eigenvalue weighted by molar-refractivity contribution is 5.91. The lowest BCUT2D eigenvalue weighted by Crippen LogP contribution is -2.60. The quantitative estimate of drug-likeness (QED) is 0.0317. The van der Waals surface area contributed by atoms with Crippen molar-refractivity contribution in [3.8, 4) is 17.6 Å². The van der Waals surface area contributed by atoms with E-state index in [4.69, 9.17) is 23.4 Å². The lowest BCUT2D eigenvalue weighted by molar-refractivity contribution is -0.202. The van der Waals surface area contributed by atoms with Crippen LogP contribution in [0.5, 0.6) is 5.75 Å². The Balaban J connectivity index is 0.943. The molecule has 4 heterocycles. The summed E-state index contributed by atoms with van der Waals surface area (Å²) in [4.78, 5) is 46.4. The van der Waals surface area contributed by atoms with E-state index in [1.54, 1.807) is 19.1 Å². The van der Waals surface area contributed by atoms with E-state index in [2.05, 4.69) is 121 Å². The van der Waals surface area contributed by atoms with Gasteiger partial charge in [-0.1, -0.05) is 140 Å². The molecule has 12 atom stereocenters. The number of carbonyl (C=O) groups excluding carboxylic acids is 2. The molecule has 12 nitrogen and oxygen atoms in total. The van der Waals surface area contributed by atoms with Gasteiger partial charge in [0.15, 0.2) is 17.8 Å². The molecule has 88 heavy (non-hydrogen) atoms. The molecule has 5 aliphatic carbocycles. The standard InChI is InChI=1S/C76H78O12/c1-45(41-78)58-26-19-46-20-27-60-51(35-46)13-6-9-33-76(57-38-52-22-21-47-11-2-4-17-59(47)63(52)40-57)72(87-73(58)82)71(69-66(88-76)30-29-62-64(42-79)68(74(83)86-70(62)69)53(31-34-77)43-84-44-80)85-67(81)39-54-36-50(24-28-61(54)60)49-14-10-16-56(37-49)75-32-8-7-15-55(75)25-23-48-12-3-5-18-65(48)75/h2-5,10-12,14,16-18,20-23,25,27,29-30,35,37,50,52-55,57,61,63,71-72,77-80H,7-8,13,15,19,24,26,28,31-34,36,38-44H2,1H3. The molecule has 5 aromatic carbocycles. The molecule has 3 fully saturated rings. The minimum absolute atomic E-state index is 0.00939. The van der Waals surface area contributed by atoms with Crippen LogP contribution in [-0.4, -0.2) is 70.7 Å². The number of rotatable bonds is 11. The van der Waals surface area contributed by atoms with Gasteiger partial charge in [0.2, 0.25) is 0 Å². The number of aliphatic hydroxyl groups excluding tert-OH is 4. The number of hydrogen-bond acceptors (Lipinski definition) is 12. The maximum Gasteiger partial charge on any atom is 0.340 e. The second-order valence-electron chi connectivity index (χ2n) is 26.4. The van der Waals surface area contributed by atoms with Crippen LogP contribution in [0.3, 0.4) is 0 Å². The van der Waals surface area contributed by atoms with Gasteiger partial charge in [-0.05, 0) is 180 Å². The summed E-state index contributed by atoms with van der Waals surface area (Å²) in [6.07, 6.45) is 16.0. The topological polar surface area (TPSA) is 182 Å². The smallest absolute Gasteiger partial charge is 0.340 e. The fraction of sp³-hybridized carbons (Fsp3) is 0.434. The van der Waals surface area contributed by atoms with Crippen LogP contribution in [0, 0.1) is 35.5 Å². The van der Waals surface area contributed by atoms with Crippen LogP contribution in [0.25, 0.3) is 23.1 Å². The van der Waals surface area contributed by atoms with Crippen molar-refractivity contribution >= 4 is 35.1 Å². The van der Waals surface area contributed by atoms with E-state index in [1.165, 1.54) is 34.2 Å². The molecule has 3 aliphatic heterocycles. The van der Waals surface area contributed by atoms with Crippen molar-refractivity contribution in [2.24, 2.45) is 23.7 Å². The van der Waals surface area contributed by atoms with Crippen molar-refractivity contribution in [3.05, 3.63) is 204 Å². The fourth-order valence-corrected chi connectivity index (χ4v) is 17.7. The Kier molecular flexibility index (Phi) is 16.0. The minimum atomic E-state index is -1.46. The normalized spacial score (nSPS) is 29.4. The number of ether oxygens (including phenoxy) is 4. The van der Waals surface area contributed by atoms with Crippen molar-refractivity contribution in [3.63, 3.8) is 0 Å². The van der Waals surface area contributed by atoms with E-state index in [1.807, 2.05) is 6.07 Å². The third kappa shape index (κ3) is 10.1. The molecule has 5 bridgehead atoms. The van der Waals surface area contributed by atoms with Crippen LogP contribution in [0.15, 0.2) is 136 Å². The molecule has 454 valence electrons. The Morgan fingerprint density at radius 2 is 1.65 bits per heavy atom. The Bertz CT molecular complexity index is 3930. The van der Waals surface area contributed by atoms with E-state index in [0.717, 1.165) is 54.4 Å². The molecule has 12 unspecified atom stereocenters. The zero-order valence-electron chi connectivity index (χ0n) is 50.1. The molecular weight excluding hydrogens is 1100 g/mol. The van der Waals surface area contributed by atoms with Crippen molar-refractivity contribution in [2.75, 3.05) is 26.6 Å². The van der Waals surface area contributed by atoms with Gasteiger partial charge in [0.05, 0.1) is 31.8 Å². The van der Waals surface area contributed by atoms with Crippen LogP contribution < -0.4 is 10.4 Å². The molecule has 8 aliphatic rings. The SMILES string of the molecule is CC(CO)=C1CCc2ccc3c(c2)CC#CCC2(C4CC5C=Cc6ccccc6C5C4)Oc4ccc5c(CO)c(C(CCO)COCO)c(=O)oc5c4C(OC(=O)CC4CC(c5cccc(C67CCCCC6C=Cc6ccccc67)c5)CCC34)C2OC1=O. The van der Waals surface area contributed by atoms with Gasteiger partial charge in [-0.25, -0.2) is 9.59 Å². The maximum atomic E-state index is 16.0. The summed E-state index contributed by atoms with van der Waals surface area (Å²) in [6.45, 7) is -0.363. The Morgan fingerprint density at radius 1 is 0.795 bits per heavy atom. The summed E-state index contributed by atoms with van der Waals surface area (Å²) in [5, 5.41) is 42.5. The van der Waals surface area contributed by atoms with Crippen LogP contribution in [-0.2, 0) is 48.7 Å². The van der Waals surface area contributed by atoms with Crippen LogP contribution >= 0.6 is 0 Å². The zero-order valence-corrected chi connectivity index (χ0v) is 50.1. The first-order valence-corrected chi connectivity index (χ1v) is 32.2. The van der Waals surface area contributed by atoms with E-state index >= 15 is 9.59 Å². The van der Waals surface area contributed by atoms with Gasteiger partial charge in [-0.3, -0.25) is 4.79 Å². The van der Waals surface area contributed by atoms with Gasteiger partial charge in [-0.15, -0.1) is 0 Å². The van der Waals surface area contributed by atoms with Gasteiger partial charge >= 0.3 is 17.6 Å². The molecule has 3 saturated carbocycles. The fourth-order valence-electron chi connectivity index (χ4n) is 17.7. The van der Waals surface area contributed by atoms with Crippen molar-refractivity contribution in [1.82, 2.24) is 0 Å². The number of aryl methyl sites for hydroxylation is 1. The molecule has 1 aromatic heterocycles. The number of carbonyl (C=O) groups is 2. The second-order valence-corrected chi connectivity index (χ2v) is 26.4. The van der Waals surface area contributed by atoms with Crippen LogP contribution in [0.4, 0.5) is 0 Å². The number of hydrogen-bond donors (Lipinski definition) is 4. The molecular formula is C76H78O12. The summed E-state index contributed by atoms with van der Waals surface area (Å²) in [7, 11) is 0. The number of allylic oxidation sites excluding steroid dienone is 2. The Labute approximate surface area is 514 Å². The minimum Gasteiger partial charge on any atom is -0.481 e. The van der Waals surface area contributed by atoms with E-state index in [0.29, 0.717) is 54.6 Å². The van der Waals surface area contributed by atoms with Gasteiger partial charge in [0.1, 0.15) is 18.1 Å². The van der Waals surface area contributed by atoms with E-state index in [-0.39, 0.29) is 108 Å². The molecule has 6 aromatic rings. The number of aliphatic hydroxyl groups is 4. The second kappa shape index (κ2) is 24.2. The largest absolute Gasteiger partial charge is 0.481 e. The summed E-state index contributed by atoms with van der Waals surface area (Å²) in [6, 6.07) is 36.8. The average Bonchev–Trinajstić information content (AvgIpc) is 1.01. The highest BCUT2D eigenvalue weighted by Crippen LogP contribution is 2.60. The molecule has 0 radical (unpaired) electrons. The summed E-state index contributed by atoms with van der Waals surface area (Å²) in [5.74, 6) is 5.72. The number of esters is 2. The molecule has 0 spiro atoms. The first-order chi connectivity index (χ1) is 43.0. The highest BCUT2D eigenvalue weighted by atomic mass is 16.6. The first kappa shape index (κ1) is 58.3. The van der Waals surface area contributed by atoms with Crippen LogP contribution in [0.1, 0.15) is 187 Å². The summed E-state index contributed by atoms with van der Waals surface area (Å²) in [5.41, 5.74) is 9.75. The molecule has 12 heteroatoms. The maximum absolute atomic E-state index is 16.0. The monoisotopic (exact) mass is 1180 g/mol. The first-order valence-electron chi connectivity index (χ1n) is 32.2. The van der Waals surface area contributed by atoms with E-state index < -0.39 is 61.3 Å². The number of benzene rings is 5. The predicted molar refractivity (Wildman–Crippen MR) is 335 cm³/mol.